The van der Waals surface area contributed by atoms with Crippen LogP contribution in [0.3, 0.4) is 0 Å². The number of amides is 2. The number of nitrogens with one attached hydrogen (secondary N) is 2. The van der Waals surface area contributed by atoms with Crippen molar-refractivity contribution in [2.75, 3.05) is 0 Å². The minimum absolute atomic E-state index is 0.309. The molecule has 0 saturated heterocycles. The molecule has 0 aliphatic heterocycles. The molecule has 0 bridgehead atoms. The van der Waals surface area contributed by atoms with Crippen molar-refractivity contribution in [3.63, 3.8) is 0 Å². The van der Waals surface area contributed by atoms with Crippen molar-refractivity contribution in [2.45, 2.75) is 0 Å². The maximum Gasteiger partial charge on any atom is 0.272 e. The second-order valence-corrected chi connectivity index (χ2v) is 5.91. The lowest BCUT2D eigenvalue weighted by molar-refractivity contribution is 0.0946. The molecule has 4 aromatic heterocycles. The molecule has 0 spiro atoms. The number of nitrogens with zero attached hydrogens (tertiary/aromatic N) is 4. The number of hydrogen-bond acceptors (Lipinski definition) is 8. The molecule has 0 aromatic carbocycles. The Bertz CT molecular complexity index is 1050. The van der Waals surface area contributed by atoms with E-state index in [9.17, 15) is 9.59 Å². The summed E-state index contributed by atoms with van der Waals surface area (Å²) in [5.41, 5.74) is 5.65. The van der Waals surface area contributed by atoms with E-state index in [0.717, 1.165) is 0 Å². The van der Waals surface area contributed by atoms with E-state index in [-0.39, 0.29) is 11.8 Å². The summed E-state index contributed by atoms with van der Waals surface area (Å²) in [7, 11) is 0. The highest BCUT2D eigenvalue weighted by molar-refractivity contribution is 5.94. The number of carbonyl (C=O) groups excluding carboxylic acids is 2. The first-order valence-electron chi connectivity index (χ1n) is 9.26. The van der Waals surface area contributed by atoms with Crippen molar-refractivity contribution < 1.29 is 18.4 Å². The average molecular weight is 430 g/mol. The van der Waals surface area contributed by atoms with Gasteiger partial charge in [-0.05, 0) is 48.5 Å². The van der Waals surface area contributed by atoms with Gasteiger partial charge in [0.1, 0.15) is 11.5 Å². The lowest BCUT2D eigenvalue weighted by atomic mass is 10.3. The summed E-state index contributed by atoms with van der Waals surface area (Å²) in [5.74, 6) is 0.532. The number of hydrazone groups is 2. The Hall–Kier alpha value is -4.86. The monoisotopic (exact) mass is 430 g/mol. The van der Waals surface area contributed by atoms with Gasteiger partial charge < -0.3 is 8.83 Å². The molecule has 32 heavy (non-hydrogen) atoms. The Balaban J connectivity index is 0.000000181. The maximum absolute atomic E-state index is 11.5. The largest absolute Gasteiger partial charge is 0.463 e. The van der Waals surface area contributed by atoms with Crippen molar-refractivity contribution in [2.24, 2.45) is 10.2 Å². The fourth-order valence-corrected chi connectivity index (χ4v) is 2.16. The van der Waals surface area contributed by atoms with Crippen LogP contribution in [-0.2, 0) is 0 Å². The van der Waals surface area contributed by atoms with Crippen LogP contribution in [0.15, 0.2) is 105 Å². The van der Waals surface area contributed by atoms with Gasteiger partial charge in [-0.2, -0.15) is 10.2 Å². The summed E-state index contributed by atoms with van der Waals surface area (Å²) >= 11 is 0. The Kier molecular flexibility index (Phi) is 8.17. The van der Waals surface area contributed by atoms with Crippen molar-refractivity contribution in [3.05, 3.63) is 108 Å². The second-order valence-electron chi connectivity index (χ2n) is 5.91. The van der Waals surface area contributed by atoms with Crippen LogP contribution in [0.25, 0.3) is 0 Å². The van der Waals surface area contributed by atoms with Crippen molar-refractivity contribution in [1.29, 1.82) is 0 Å². The van der Waals surface area contributed by atoms with Crippen LogP contribution in [0, 0.1) is 0 Å². The topological polar surface area (TPSA) is 135 Å². The summed E-state index contributed by atoms with van der Waals surface area (Å²) < 4.78 is 10.0. The number of aromatic nitrogens is 2. The summed E-state index contributed by atoms with van der Waals surface area (Å²) in [5, 5.41) is 7.49. The lowest BCUT2D eigenvalue weighted by Gasteiger charge is -1.97. The first-order chi connectivity index (χ1) is 15.7. The number of carbonyl (C=O) groups is 2. The predicted octanol–water partition coefficient (Wildman–Crippen LogP) is 2.88. The van der Waals surface area contributed by atoms with Crippen LogP contribution in [-0.4, -0.2) is 34.2 Å². The standard InChI is InChI=1S/2C11H9N3O2/c2*15-11(9-3-1-5-12-7-9)14-13-8-10-4-2-6-16-10/h2*1-8H,(H,14,15)/b2*13-8+. The molecule has 4 rings (SSSR count). The van der Waals surface area contributed by atoms with Gasteiger partial charge >= 0.3 is 0 Å². The van der Waals surface area contributed by atoms with E-state index >= 15 is 0 Å². The zero-order valence-electron chi connectivity index (χ0n) is 16.7. The summed E-state index contributed by atoms with van der Waals surface area (Å²) in [6.07, 6.45) is 12.1. The van der Waals surface area contributed by atoms with Crippen molar-refractivity contribution in [3.8, 4) is 0 Å². The fraction of sp³-hybridized carbons (Fsp3) is 0. The Morgan fingerprint density at radius 1 is 0.719 bits per heavy atom. The van der Waals surface area contributed by atoms with Gasteiger partial charge in [0, 0.05) is 24.8 Å². The molecule has 10 nitrogen and oxygen atoms in total. The molecular weight excluding hydrogens is 412 g/mol. The molecule has 0 aliphatic rings. The fourth-order valence-electron chi connectivity index (χ4n) is 2.16. The Morgan fingerprint density at radius 3 is 1.53 bits per heavy atom. The minimum Gasteiger partial charge on any atom is -0.463 e. The van der Waals surface area contributed by atoms with Gasteiger partial charge in [-0.25, -0.2) is 10.9 Å². The lowest BCUT2D eigenvalue weighted by Crippen LogP contribution is -2.17. The Morgan fingerprint density at radius 2 is 1.19 bits per heavy atom. The zero-order valence-corrected chi connectivity index (χ0v) is 16.7. The maximum atomic E-state index is 11.5. The average Bonchev–Trinajstić information content (AvgIpc) is 3.55. The van der Waals surface area contributed by atoms with E-state index in [4.69, 9.17) is 8.83 Å². The number of pyridine rings is 2. The first-order valence-corrected chi connectivity index (χ1v) is 9.26. The van der Waals surface area contributed by atoms with Gasteiger partial charge in [0.2, 0.25) is 0 Å². The smallest absolute Gasteiger partial charge is 0.272 e. The molecule has 160 valence electrons. The summed E-state index contributed by atoms with van der Waals surface area (Å²) in [6.45, 7) is 0. The van der Waals surface area contributed by atoms with Crippen LogP contribution in [0.5, 0.6) is 0 Å². The summed E-state index contributed by atoms with van der Waals surface area (Å²) in [6, 6.07) is 13.6. The van der Waals surface area contributed by atoms with Gasteiger partial charge in [-0.3, -0.25) is 19.6 Å². The van der Waals surface area contributed by atoms with Gasteiger partial charge in [0.05, 0.1) is 36.1 Å². The highest BCUT2D eigenvalue weighted by Gasteiger charge is 2.03. The van der Waals surface area contributed by atoms with Gasteiger partial charge in [-0.15, -0.1) is 0 Å². The van der Waals surface area contributed by atoms with E-state index in [1.54, 1.807) is 60.9 Å². The third kappa shape index (κ3) is 7.19. The van der Waals surface area contributed by atoms with Crippen LogP contribution < -0.4 is 10.9 Å². The predicted molar refractivity (Wildman–Crippen MR) is 116 cm³/mol. The molecule has 4 aromatic rings. The number of hydrogen-bond donors (Lipinski definition) is 2. The Labute approximate surface area is 182 Å². The first kappa shape index (κ1) is 21.8. The summed E-state index contributed by atoms with van der Waals surface area (Å²) in [4.78, 5) is 30.6. The molecule has 0 unspecified atom stereocenters. The molecule has 4 heterocycles. The van der Waals surface area contributed by atoms with Gasteiger partial charge in [-0.1, -0.05) is 0 Å². The van der Waals surface area contributed by atoms with E-state index < -0.39 is 0 Å². The quantitative estimate of drug-likeness (QED) is 0.357. The molecular formula is C22H18N6O4. The van der Waals surface area contributed by atoms with E-state index in [1.165, 1.54) is 37.3 Å². The number of rotatable bonds is 6. The van der Waals surface area contributed by atoms with Crippen molar-refractivity contribution in [1.82, 2.24) is 20.8 Å². The molecule has 2 amide bonds. The molecule has 2 N–H and O–H groups in total. The molecule has 0 radical (unpaired) electrons. The van der Waals surface area contributed by atoms with Crippen LogP contribution in [0.4, 0.5) is 0 Å². The molecule has 0 fully saturated rings. The molecule has 0 atom stereocenters. The third-order valence-corrected chi connectivity index (χ3v) is 3.65. The number of furan rings is 2. The van der Waals surface area contributed by atoms with E-state index in [2.05, 4.69) is 31.0 Å². The van der Waals surface area contributed by atoms with Crippen LogP contribution in [0.1, 0.15) is 32.2 Å². The van der Waals surface area contributed by atoms with Crippen molar-refractivity contribution >= 4 is 24.2 Å². The van der Waals surface area contributed by atoms with E-state index in [0.29, 0.717) is 22.6 Å². The van der Waals surface area contributed by atoms with Crippen LogP contribution in [0.2, 0.25) is 0 Å². The third-order valence-electron chi connectivity index (χ3n) is 3.65. The molecule has 0 aliphatic carbocycles. The highest BCUT2D eigenvalue weighted by atomic mass is 16.3. The second kappa shape index (κ2) is 12.0. The van der Waals surface area contributed by atoms with Crippen LogP contribution >= 0.6 is 0 Å². The van der Waals surface area contributed by atoms with Gasteiger partial charge in [0.25, 0.3) is 11.8 Å². The van der Waals surface area contributed by atoms with Gasteiger partial charge in [0.15, 0.2) is 0 Å². The highest BCUT2D eigenvalue weighted by Crippen LogP contribution is 1.98. The van der Waals surface area contributed by atoms with E-state index in [1.807, 2.05) is 0 Å². The molecule has 10 heteroatoms. The zero-order chi connectivity index (χ0) is 22.4. The minimum atomic E-state index is -0.309. The normalized spacial score (nSPS) is 10.5. The molecule has 0 saturated carbocycles. The SMILES string of the molecule is O=C(N/N=C/c1ccco1)c1cccnc1.O=C(N/N=C/c1ccco1)c1cccnc1.